The number of hydrogen-bond acceptors (Lipinski definition) is 3. The number of anilines is 1. The maximum atomic E-state index is 6.04. The summed E-state index contributed by atoms with van der Waals surface area (Å²) >= 11 is 0. The van der Waals surface area contributed by atoms with E-state index in [-0.39, 0.29) is 6.04 Å². The summed E-state index contributed by atoms with van der Waals surface area (Å²) in [5.41, 5.74) is 8.52. The Bertz CT molecular complexity index is 371. The zero-order chi connectivity index (χ0) is 13.7. The van der Waals surface area contributed by atoms with Crippen LogP contribution in [-0.2, 0) is 4.74 Å². The van der Waals surface area contributed by atoms with Crippen LogP contribution >= 0.6 is 0 Å². The Hall–Kier alpha value is -1.06. The first-order valence-corrected chi connectivity index (χ1v) is 7.35. The fourth-order valence-electron chi connectivity index (χ4n) is 2.66. The maximum absolute atomic E-state index is 6.04. The van der Waals surface area contributed by atoms with Crippen LogP contribution in [0.25, 0.3) is 0 Å². The molecule has 1 fully saturated rings. The van der Waals surface area contributed by atoms with E-state index in [1.54, 1.807) is 0 Å². The summed E-state index contributed by atoms with van der Waals surface area (Å²) < 4.78 is 5.54. The average molecular weight is 262 g/mol. The standard InChI is InChI=1S/C16H26N2O/c1-3-16(17)14-6-8-15(9-7-14)18(2)11-13-5-4-10-19-12-13/h6-9,13,16H,3-5,10-12,17H2,1-2H3/t13?,16-/m0/s1. The molecular formula is C16H26N2O. The van der Waals surface area contributed by atoms with Gasteiger partial charge in [0.2, 0.25) is 0 Å². The van der Waals surface area contributed by atoms with Gasteiger partial charge in [-0.25, -0.2) is 0 Å². The Morgan fingerprint density at radius 3 is 2.68 bits per heavy atom. The van der Waals surface area contributed by atoms with E-state index in [2.05, 4.69) is 43.1 Å². The van der Waals surface area contributed by atoms with Gasteiger partial charge in [-0.2, -0.15) is 0 Å². The van der Waals surface area contributed by atoms with Gasteiger partial charge in [-0.05, 0) is 42.9 Å². The van der Waals surface area contributed by atoms with Crippen molar-refractivity contribution in [1.82, 2.24) is 0 Å². The lowest BCUT2D eigenvalue weighted by Gasteiger charge is -2.28. The summed E-state index contributed by atoms with van der Waals surface area (Å²) in [7, 11) is 2.16. The van der Waals surface area contributed by atoms with E-state index >= 15 is 0 Å². The summed E-state index contributed by atoms with van der Waals surface area (Å²) in [6.45, 7) is 5.03. The van der Waals surface area contributed by atoms with Crippen molar-refractivity contribution >= 4 is 5.69 Å². The highest BCUT2D eigenvalue weighted by Gasteiger charge is 2.16. The fourth-order valence-corrected chi connectivity index (χ4v) is 2.66. The zero-order valence-electron chi connectivity index (χ0n) is 12.1. The Labute approximate surface area is 116 Å². The van der Waals surface area contributed by atoms with Crippen molar-refractivity contribution in [2.24, 2.45) is 11.7 Å². The van der Waals surface area contributed by atoms with Crippen molar-refractivity contribution in [3.8, 4) is 0 Å². The molecule has 0 bridgehead atoms. The van der Waals surface area contributed by atoms with Crippen LogP contribution in [0, 0.1) is 5.92 Å². The van der Waals surface area contributed by atoms with Crippen molar-refractivity contribution in [1.29, 1.82) is 0 Å². The molecule has 0 saturated carbocycles. The Morgan fingerprint density at radius 2 is 2.11 bits per heavy atom. The van der Waals surface area contributed by atoms with Crippen molar-refractivity contribution in [3.63, 3.8) is 0 Å². The average Bonchev–Trinajstić information content (AvgIpc) is 2.47. The molecule has 0 spiro atoms. The first kappa shape index (κ1) is 14.4. The summed E-state index contributed by atoms with van der Waals surface area (Å²) in [4.78, 5) is 2.32. The lowest BCUT2D eigenvalue weighted by molar-refractivity contribution is 0.0576. The molecule has 1 unspecified atom stereocenters. The molecule has 1 heterocycles. The summed E-state index contributed by atoms with van der Waals surface area (Å²) in [5.74, 6) is 0.663. The van der Waals surface area contributed by atoms with E-state index in [9.17, 15) is 0 Å². The Kier molecular flexibility index (Phi) is 5.23. The number of hydrogen-bond donors (Lipinski definition) is 1. The molecule has 2 N–H and O–H groups in total. The van der Waals surface area contributed by atoms with Gasteiger partial charge in [-0.1, -0.05) is 19.1 Å². The maximum Gasteiger partial charge on any atom is 0.0511 e. The number of ether oxygens (including phenoxy) is 1. The largest absolute Gasteiger partial charge is 0.381 e. The van der Waals surface area contributed by atoms with E-state index in [1.165, 1.54) is 24.1 Å². The SMILES string of the molecule is CC[C@H](N)c1ccc(N(C)CC2CCCOC2)cc1. The van der Waals surface area contributed by atoms with Gasteiger partial charge in [0.1, 0.15) is 0 Å². The molecule has 3 heteroatoms. The van der Waals surface area contributed by atoms with Crippen molar-refractivity contribution in [3.05, 3.63) is 29.8 Å². The number of benzene rings is 1. The number of rotatable bonds is 5. The second-order valence-corrected chi connectivity index (χ2v) is 5.57. The summed E-state index contributed by atoms with van der Waals surface area (Å²) in [6, 6.07) is 8.81. The van der Waals surface area contributed by atoms with Crippen LogP contribution in [0.2, 0.25) is 0 Å². The molecule has 2 atom stereocenters. The molecule has 0 radical (unpaired) electrons. The van der Waals surface area contributed by atoms with Crippen LogP contribution in [0.1, 0.15) is 37.8 Å². The van der Waals surface area contributed by atoms with E-state index in [1.807, 2.05) is 0 Å². The third-order valence-corrected chi connectivity index (χ3v) is 3.99. The first-order chi connectivity index (χ1) is 9.20. The Balaban J connectivity index is 1.93. The topological polar surface area (TPSA) is 38.5 Å². The zero-order valence-corrected chi connectivity index (χ0v) is 12.1. The van der Waals surface area contributed by atoms with Crippen LogP contribution in [0.5, 0.6) is 0 Å². The van der Waals surface area contributed by atoms with Crippen LogP contribution in [0.4, 0.5) is 5.69 Å². The Morgan fingerprint density at radius 1 is 1.37 bits per heavy atom. The van der Waals surface area contributed by atoms with Gasteiger partial charge in [0.15, 0.2) is 0 Å². The van der Waals surface area contributed by atoms with Crippen LogP contribution in [0.3, 0.4) is 0 Å². The van der Waals surface area contributed by atoms with Crippen LogP contribution < -0.4 is 10.6 Å². The molecule has 0 amide bonds. The molecule has 3 nitrogen and oxygen atoms in total. The number of nitrogens with two attached hydrogens (primary N) is 1. The molecule has 1 aromatic carbocycles. The molecule has 106 valence electrons. The molecule has 1 aliphatic rings. The monoisotopic (exact) mass is 262 g/mol. The smallest absolute Gasteiger partial charge is 0.0511 e. The van der Waals surface area contributed by atoms with E-state index in [0.29, 0.717) is 5.92 Å². The van der Waals surface area contributed by atoms with Gasteiger partial charge < -0.3 is 15.4 Å². The van der Waals surface area contributed by atoms with E-state index in [0.717, 1.165) is 26.2 Å². The number of nitrogens with zero attached hydrogens (tertiary/aromatic N) is 1. The van der Waals surface area contributed by atoms with E-state index in [4.69, 9.17) is 10.5 Å². The molecule has 1 aliphatic heterocycles. The van der Waals surface area contributed by atoms with Crippen molar-refractivity contribution in [2.75, 3.05) is 31.7 Å². The van der Waals surface area contributed by atoms with Gasteiger partial charge in [-0.15, -0.1) is 0 Å². The molecule has 0 aliphatic carbocycles. The molecule has 0 aromatic heterocycles. The molecule has 2 rings (SSSR count). The van der Waals surface area contributed by atoms with Crippen molar-refractivity contribution < 1.29 is 4.74 Å². The predicted molar refractivity (Wildman–Crippen MR) is 80.5 cm³/mol. The summed E-state index contributed by atoms with van der Waals surface area (Å²) in [6.07, 6.45) is 3.46. The molecular weight excluding hydrogens is 236 g/mol. The highest BCUT2D eigenvalue weighted by atomic mass is 16.5. The third kappa shape index (κ3) is 3.95. The van der Waals surface area contributed by atoms with Crippen LogP contribution in [-0.4, -0.2) is 26.8 Å². The molecule has 1 aromatic rings. The predicted octanol–water partition coefficient (Wildman–Crippen LogP) is 2.96. The lowest BCUT2D eigenvalue weighted by atomic mass is 10.0. The third-order valence-electron chi connectivity index (χ3n) is 3.99. The first-order valence-electron chi connectivity index (χ1n) is 7.35. The van der Waals surface area contributed by atoms with Gasteiger partial charge in [0, 0.05) is 31.9 Å². The molecule has 1 saturated heterocycles. The second-order valence-electron chi connectivity index (χ2n) is 5.57. The minimum absolute atomic E-state index is 0.158. The second kappa shape index (κ2) is 6.92. The highest BCUT2D eigenvalue weighted by molar-refractivity contribution is 5.47. The fraction of sp³-hybridized carbons (Fsp3) is 0.625. The van der Waals surface area contributed by atoms with E-state index < -0.39 is 0 Å². The van der Waals surface area contributed by atoms with Gasteiger partial charge in [0.25, 0.3) is 0 Å². The molecule has 19 heavy (non-hydrogen) atoms. The lowest BCUT2D eigenvalue weighted by Crippen LogP contribution is -2.30. The normalized spacial score (nSPS) is 21.1. The van der Waals surface area contributed by atoms with Crippen molar-refractivity contribution in [2.45, 2.75) is 32.2 Å². The highest BCUT2D eigenvalue weighted by Crippen LogP contribution is 2.21. The van der Waals surface area contributed by atoms with Gasteiger partial charge in [0.05, 0.1) is 6.61 Å². The van der Waals surface area contributed by atoms with Gasteiger partial charge in [-0.3, -0.25) is 0 Å². The quantitative estimate of drug-likeness (QED) is 0.886. The minimum Gasteiger partial charge on any atom is -0.381 e. The van der Waals surface area contributed by atoms with Crippen LogP contribution in [0.15, 0.2) is 24.3 Å². The van der Waals surface area contributed by atoms with Gasteiger partial charge >= 0.3 is 0 Å². The summed E-state index contributed by atoms with van der Waals surface area (Å²) in [5, 5.41) is 0. The minimum atomic E-state index is 0.158.